The van der Waals surface area contributed by atoms with E-state index in [0.717, 1.165) is 17.7 Å². The zero-order valence-corrected chi connectivity index (χ0v) is 10.6. The molecule has 1 heterocycles. The summed E-state index contributed by atoms with van der Waals surface area (Å²) in [4.78, 5) is 8.05. The van der Waals surface area contributed by atoms with Crippen molar-refractivity contribution in [3.05, 3.63) is 45.8 Å². The molecule has 0 saturated heterocycles. The Hall–Kier alpha value is -1.12. The van der Waals surface area contributed by atoms with E-state index in [9.17, 15) is 0 Å². The van der Waals surface area contributed by atoms with Crippen LogP contribution in [0.1, 0.15) is 17.5 Å². The van der Waals surface area contributed by atoms with Crippen LogP contribution in [0.4, 0.5) is 0 Å². The average Bonchev–Trinajstić information content (AvgIpc) is 2.74. The summed E-state index contributed by atoms with van der Waals surface area (Å²) in [7, 11) is 0. The number of aryl methyl sites for hydroxylation is 2. The molecular weight excluding hydrogens is 255 g/mol. The minimum atomic E-state index is 0.188. The fourth-order valence-electron chi connectivity index (χ4n) is 2.27. The van der Waals surface area contributed by atoms with E-state index in [1.165, 1.54) is 24.0 Å². The molecule has 0 atom stereocenters. The van der Waals surface area contributed by atoms with E-state index in [-0.39, 0.29) is 5.28 Å². The molecule has 17 heavy (non-hydrogen) atoms. The number of rotatable bonds is 1. The first-order chi connectivity index (χ1) is 8.22. The molecule has 1 aliphatic rings. The zero-order chi connectivity index (χ0) is 11.8. The van der Waals surface area contributed by atoms with E-state index in [4.69, 9.17) is 23.2 Å². The van der Waals surface area contributed by atoms with E-state index < -0.39 is 0 Å². The highest BCUT2D eigenvalue weighted by molar-refractivity contribution is 6.32. The highest BCUT2D eigenvalue weighted by Gasteiger charge is 2.12. The highest BCUT2D eigenvalue weighted by atomic mass is 35.5. The van der Waals surface area contributed by atoms with Crippen molar-refractivity contribution in [3.8, 4) is 11.3 Å². The van der Waals surface area contributed by atoms with Gasteiger partial charge in [0.15, 0.2) is 0 Å². The van der Waals surface area contributed by atoms with E-state index in [2.05, 4.69) is 28.2 Å². The lowest BCUT2D eigenvalue weighted by molar-refractivity contribution is 0.912. The van der Waals surface area contributed by atoms with Crippen molar-refractivity contribution in [1.29, 1.82) is 0 Å². The van der Waals surface area contributed by atoms with Gasteiger partial charge in [0.05, 0.1) is 5.69 Å². The predicted molar refractivity (Wildman–Crippen MR) is 69.5 cm³/mol. The summed E-state index contributed by atoms with van der Waals surface area (Å²) in [5.74, 6) is 0. The van der Waals surface area contributed by atoms with Crippen LogP contribution in [0.15, 0.2) is 24.3 Å². The second-order valence-corrected chi connectivity index (χ2v) is 4.91. The Morgan fingerprint density at radius 2 is 1.76 bits per heavy atom. The molecule has 0 radical (unpaired) electrons. The van der Waals surface area contributed by atoms with Crippen molar-refractivity contribution in [2.75, 3.05) is 0 Å². The van der Waals surface area contributed by atoms with Gasteiger partial charge in [0.25, 0.3) is 0 Å². The van der Waals surface area contributed by atoms with Gasteiger partial charge >= 0.3 is 0 Å². The fraction of sp³-hybridized carbons (Fsp3) is 0.231. The summed E-state index contributed by atoms with van der Waals surface area (Å²) >= 11 is 11.7. The second kappa shape index (κ2) is 4.28. The van der Waals surface area contributed by atoms with Crippen LogP contribution in [-0.2, 0) is 12.8 Å². The molecule has 0 aliphatic heterocycles. The molecule has 0 fully saturated rings. The van der Waals surface area contributed by atoms with Crippen molar-refractivity contribution in [2.45, 2.75) is 19.3 Å². The molecule has 0 saturated carbocycles. The smallest absolute Gasteiger partial charge is 0.218 e. The second-order valence-electron chi connectivity index (χ2n) is 4.18. The van der Waals surface area contributed by atoms with Crippen LogP contribution >= 0.6 is 23.2 Å². The van der Waals surface area contributed by atoms with Crippen LogP contribution in [0.25, 0.3) is 11.3 Å². The first-order valence-electron chi connectivity index (χ1n) is 5.54. The number of fused-ring (bicyclic) bond motifs is 1. The van der Waals surface area contributed by atoms with E-state index in [1.54, 1.807) is 6.07 Å². The molecule has 0 unspecified atom stereocenters. The Labute approximate surface area is 110 Å². The summed E-state index contributed by atoms with van der Waals surface area (Å²) in [6.45, 7) is 0. The zero-order valence-electron chi connectivity index (χ0n) is 9.08. The summed E-state index contributed by atoms with van der Waals surface area (Å²) in [6.07, 6.45) is 3.57. The maximum atomic E-state index is 5.88. The summed E-state index contributed by atoms with van der Waals surface area (Å²) in [5.41, 5.74) is 4.69. The highest BCUT2D eigenvalue weighted by Crippen LogP contribution is 2.28. The number of halogens is 2. The van der Waals surface area contributed by atoms with Gasteiger partial charge in [-0.05, 0) is 48.1 Å². The summed E-state index contributed by atoms with van der Waals surface area (Å²) in [6, 6.07) is 8.15. The first kappa shape index (κ1) is 11.0. The molecule has 4 heteroatoms. The molecule has 1 aliphatic carbocycles. The van der Waals surface area contributed by atoms with Gasteiger partial charge in [-0.3, -0.25) is 0 Å². The molecule has 2 aromatic rings. The molecule has 0 amide bonds. The standard InChI is InChI=1S/C13H10Cl2N2/c14-12-7-11(16-13(15)17-12)10-5-4-8-2-1-3-9(8)6-10/h4-7H,1-3H2. The monoisotopic (exact) mass is 264 g/mol. The molecule has 2 nitrogen and oxygen atoms in total. The van der Waals surface area contributed by atoms with Crippen LogP contribution in [0.3, 0.4) is 0 Å². The maximum absolute atomic E-state index is 5.88. The van der Waals surface area contributed by atoms with E-state index in [1.807, 2.05) is 0 Å². The molecular formula is C13H10Cl2N2. The van der Waals surface area contributed by atoms with Gasteiger partial charge in [-0.15, -0.1) is 0 Å². The first-order valence-corrected chi connectivity index (χ1v) is 6.30. The Kier molecular flexibility index (Phi) is 2.77. The normalized spacial score (nSPS) is 13.8. The molecule has 0 bridgehead atoms. The van der Waals surface area contributed by atoms with Gasteiger partial charge < -0.3 is 0 Å². The van der Waals surface area contributed by atoms with Gasteiger partial charge in [-0.25, -0.2) is 9.97 Å². The number of benzene rings is 1. The van der Waals surface area contributed by atoms with Crippen LogP contribution in [0, 0.1) is 0 Å². The Bertz CT molecular complexity index is 561. The van der Waals surface area contributed by atoms with Gasteiger partial charge in [0.1, 0.15) is 5.15 Å². The van der Waals surface area contributed by atoms with Crippen molar-refractivity contribution in [1.82, 2.24) is 9.97 Å². The number of hydrogen-bond donors (Lipinski definition) is 0. The molecule has 1 aromatic heterocycles. The van der Waals surface area contributed by atoms with Crippen LogP contribution in [-0.4, -0.2) is 9.97 Å². The van der Waals surface area contributed by atoms with E-state index in [0.29, 0.717) is 5.15 Å². The third-order valence-corrected chi connectivity index (χ3v) is 3.42. The third-order valence-electron chi connectivity index (χ3n) is 3.06. The van der Waals surface area contributed by atoms with Crippen molar-refractivity contribution >= 4 is 23.2 Å². The average molecular weight is 265 g/mol. The van der Waals surface area contributed by atoms with Gasteiger partial charge in [0, 0.05) is 11.6 Å². The quantitative estimate of drug-likeness (QED) is 0.576. The SMILES string of the molecule is Clc1cc(-c2ccc3c(c2)CCC3)nc(Cl)n1. The maximum Gasteiger partial charge on any atom is 0.224 e. The number of aromatic nitrogens is 2. The third kappa shape index (κ3) is 2.15. The summed E-state index contributed by atoms with van der Waals surface area (Å²) in [5, 5.41) is 0.563. The Morgan fingerprint density at radius 3 is 2.59 bits per heavy atom. The predicted octanol–water partition coefficient (Wildman–Crippen LogP) is 3.94. The van der Waals surface area contributed by atoms with Gasteiger partial charge in [0.2, 0.25) is 5.28 Å². The fourth-order valence-corrected chi connectivity index (χ4v) is 2.68. The molecule has 0 spiro atoms. The van der Waals surface area contributed by atoms with E-state index >= 15 is 0 Å². The lowest BCUT2D eigenvalue weighted by Crippen LogP contribution is -1.90. The Balaban J connectivity index is 2.09. The minimum Gasteiger partial charge on any atom is -0.218 e. The lowest BCUT2D eigenvalue weighted by atomic mass is 10.0. The summed E-state index contributed by atoms with van der Waals surface area (Å²) < 4.78 is 0. The Morgan fingerprint density at radius 1 is 0.941 bits per heavy atom. The minimum absolute atomic E-state index is 0.188. The van der Waals surface area contributed by atoms with Crippen LogP contribution in [0.2, 0.25) is 10.4 Å². The van der Waals surface area contributed by atoms with Crippen molar-refractivity contribution < 1.29 is 0 Å². The van der Waals surface area contributed by atoms with Crippen LogP contribution in [0.5, 0.6) is 0 Å². The van der Waals surface area contributed by atoms with Gasteiger partial charge in [-0.2, -0.15) is 0 Å². The molecule has 1 aromatic carbocycles. The van der Waals surface area contributed by atoms with Gasteiger partial charge in [-0.1, -0.05) is 23.7 Å². The van der Waals surface area contributed by atoms with Crippen LogP contribution < -0.4 is 0 Å². The number of nitrogens with zero attached hydrogens (tertiary/aromatic N) is 2. The van der Waals surface area contributed by atoms with Crippen molar-refractivity contribution in [2.24, 2.45) is 0 Å². The molecule has 0 N–H and O–H groups in total. The van der Waals surface area contributed by atoms with Crippen molar-refractivity contribution in [3.63, 3.8) is 0 Å². The topological polar surface area (TPSA) is 25.8 Å². The lowest BCUT2D eigenvalue weighted by Gasteiger charge is -2.05. The largest absolute Gasteiger partial charge is 0.224 e. The molecule has 86 valence electrons. The number of hydrogen-bond acceptors (Lipinski definition) is 2. The molecule has 3 rings (SSSR count).